The molecule has 0 spiro atoms. The lowest BCUT2D eigenvalue weighted by atomic mass is 10.1. The van der Waals surface area contributed by atoms with Crippen molar-refractivity contribution < 1.29 is 13.9 Å². The molecule has 8 heteroatoms. The van der Waals surface area contributed by atoms with Crippen molar-refractivity contribution in [3.8, 4) is 0 Å². The van der Waals surface area contributed by atoms with Gasteiger partial charge in [-0.3, -0.25) is 0 Å². The van der Waals surface area contributed by atoms with Crippen LogP contribution in [0, 0.1) is 5.82 Å². The molecule has 146 valence electrons. The molecule has 1 aliphatic rings. The van der Waals surface area contributed by atoms with Crippen molar-refractivity contribution in [3.63, 3.8) is 0 Å². The Morgan fingerprint density at radius 3 is 2.52 bits per heavy atom. The van der Waals surface area contributed by atoms with E-state index in [2.05, 4.69) is 9.97 Å². The molecule has 1 amide bonds. The van der Waals surface area contributed by atoms with Gasteiger partial charge < -0.3 is 14.5 Å². The minimum atomic E-state index is -0.523. The lowest BCUT2D eigenvalue weighted by molar-refractivity contribution is 0.0240. The molecule has 0 radical (unpaired) electrons. The molecule has 0 N–H and O–H groups in total. The summed E-state index contributed by atoms with van der Waals surface area (Å²) in [6, 6.07) is 1.86. The molecule has 6 nitrogen and oxygen atoms in total. The van der Waals surface area contributed by atoms with E-state index >= 15 is 0 Å². The second kappa shape index (κ2) is 7.46. The number of carbonyl (C=O) groups is 1. The van der Waals surface area contributed by atoms with E-state index in [9.17, 15) is 9.18 Å². The van der Waals surface area contributed by atoms with Gasteiger partial charge in [-0.15, -0.1) is 0 Å². The van der Waals surface area contributed by atoms with Gasteiger partial charge in [-0.1, -0.05) is 18.5 Å². The summed E-state index contributed by atoms with van der Waals surface area (Å²) in [7, 11) is 0. The lowest BCUT2D eigenvalue weighted by Crippen LogP contribution is -2.50. The fourth-order valence-electron chi connectivity index (χ4n) is 3.11. The number of rotatable bonds is 2. The molecular formula is C19H24ClFN4O2. The molecule has 1 aromatic heterocycles. The first-order valence-electron chi connectivity index (χ1n) is 9.05. The fraction of sp³-hybridized carbons (Fsp3) is 0.526. The SMILES string of the molecule is CCc1cc2c(N3CCN(C(=O)OC(C)(C)C)CC3)ncnc2c(F)c1Cl. The summed E-state index contributed by atoms with van der Waals surface area (Å²) in [5, 5.41) is 0.756. The first-order chi connectivity index (χ1) is 12.7. The second-order valence-electron chi connectivity index (χ2n) is 7.57. The Bertz CT molecular complexity index is 861. The second-order valence-corrected chi connectivity index (χ2v) is 7.94. The molecule has 0 aliphatic carbocycles. The maximum absolute atomic E-state index is 14.6. The van der Waals surface area contributed by atoms with E-state index in [0.29, 0.717) is 43.8 Å². The van der Waals surface area contributed by atoms with Crippen molar-refractivity contribution >= 4 is 34.4 Å². The van der Waals surface area contributed by atoms with Crippen molar-refractivity contribution in [2.24, 2.45) is 0 Å². The zero-order valence-corrected chi connectivity index (χ0v) is 16.8. The van der Waals surface area contributed by atoms with Crippen LogP contribution in [0.1, 0.15) is 33.3 Å². The smallest absolute Gasteiger partial charge is 0.410 e. The van der Waals surface area contributed by atoms with Gasteiger partial charge in [0.05, 0.1) is 5.02 Å². The van der Waals surface area contributed by atoms with Crippen LogP contribution in [0.4, 0.5) is 15.0 Å². The van der Waals surface area contributed by atoms with E-state index in [1.165, 1.54) is 6.33 Å². The van der Waals surface area contributed by atoms with Gasteiger partial charge in [0, 0.05) is 31.6 Å². The minimum Gasteiger partial charge on any atom is -0.444 e. The number of aryl methyl sites for hydroxylation is 1. The number of fused-ring (bicyclic) bond motifs is 1. The summed E-state index contributed by atoms with van der Waals surface area (Å²) in [6.45, 7) is 9.65. The first kappa shape index (κ1) is 19.6. The number of carbonyl (C=O) groups excluding carboxylic acids is 1. The van der Waals surface area contributed by atoms with Gasteiger partial charge in [0.25, 0.3) is 0 Å². The number of ether oxygens (including phenoxy) is 1. The molecule has 2 aromatic rings. The summed E-state index contributed by atoms with van der Waals surface area (Å²) in [5.74, 6) is 0.149. The van der Waals surface area contributed by atoms with Gasteiger partial charge in [-0.25, -0.2) is 19.2 Å². The minimum absolute atomic E-state index is 0.115. The van der Waals surface area contributed by atoms with Crippen LogP contribution in [-0.2, 0) is 11.2 Å². The van der Waals surface area contributed by atoms with Crippen LogP contribution in [0.3, 0.4) is 0 Å². The summed E-state index contributed by atoms with van der Waals surface area (Å²) >= 11 is 6.11. The van der Waals surface area contributed by atoms with E-state index in [0.717, 1.165) is 5.56 Å². The van der Waals surface area contributed by atoms with Gasteiger partial charge in [-0.05, 0) is 38.8 Å². The average molecular weight is 395 g/mol. The molecule has 27 heavy (non-hydrogen) atoms. The normalized spacial score (nSPS) is 15.3. The first-order valence-corrected chi connectivity index (χ1v) is 9.43. The molecule has 0 atom stereocenters. The molecule has 0 bridgehead atoms. The molecule has 2 heterocycles. The Labute approximate surface area is 163 Å². The van der Waals surface area contributed by atoms with Crippen LogP contribution >= 0.6 is 11.6 Å². The Morgan fingerprint density at radius 1 is 1.26 bits per heavy atom. The predicted molar refractivity (Wildman–Crippen MR) is 104 cm³/mol. The van der Waals surface area contributed by atoms with E-state index in [-0.39, 0.29) is 16.6 Å². The Morgan fingerprint density at radius 2 is 1.93 bits per heavy atom. The average Bonchev–Trinajstić information content (AvgIpc) is 2.63. The highest BCUT2D eigenvalue weighted by atomic mass is 35.5. The van der Waals surface area contributed by atoms with Gasteiger partial charge in [-0.2, -0.15) is 0 Å². The maximum Gasteiger partial charge on any atom is 0.410 e. The molecule has 0 unspecified atom stereocenters. The monoisotopic (exact) mass is 394 g/mol. The van der Waals surface area contributed by atoms with Crippen LogP contribution in [0.5, 0.6) is 0 Å². The van der Waals surface area contributed by atoms with Gasteiger partial charge in [0.2, 0.25) is 0 Å². The summed E-state index contributed by atoms with van der Waals surface area (Å²) in [4.78, 5) is 24.4. The topological polar surface area (TPSA) is 58.6 Å². The largest absolute Gasteiger partial charge is 0.444 e. The molecule has 1 aromatic carbocycles. The Balaban J connectivity index is 1.83. The van der Waals surface area contributed by atoms with Gasteiger partial charge >= 0.3 is 6.09 Å². The third-order valence-electron chi connectivity index (χ3n) is 4.48. The summed E-state index contributed by atoms with van der Waals surface area (Å²) in [6.07, 6.45) is 1.65. The van der Waals surface area contributed by atoms with Crippen LogP contribution in [0.15, 0.2) is 12.4 Å². The van der Waals surface area contributed by atoms with Crippen LogP contribution in [0.25, 0.3) is 10.9 Å². The summed E-state index contributed by atoms with van der Waals surface area (Å²) < 4.78 is 20.0. The van der Waals surface area contributed by atoms with E-state index < -0.39 is 11.4 Å². The van der Waals surface area contributed by atoms with Crippen molar-refractivity contribution in [3.05, 3.63) is 28.8 Å². The lowest BCUT2D eigenvalue weighted by Gasteiger charge is -2.36. The number of aromatic nitrogens is 2. The molecule has 1 fully saturated rings. The number of piperazine rings is 1. The van der Waals surface area contributed by atoms with E-state index in [1.807, 2.05) is 38.7 Å². The number of amides is 1. The Hall–Kier alpha value is -2.15. The van der Waals surface area contributed by atoms with Crippen molar-refractivity contribution in [1.82, 2.24) is 14.9 Å². The van der Waals surface area contributed by atoms with E-state index in [4.69, 9.17) is 16.3 Å². The Kier molecular flexibility index (Phi) is 5.42. The number of hydrogen-bond acceptors (Lipinski definition) is 5. The third kappa shape index (κ3) is 4.08. The molecule has 3 rings (SSSR count). The molecular weight excluding hydrogens is 371 g/mol. The quantitative estimate of drug-likeness (QED) is 0.769. The number of benzene rings is 1. The standard InChI is InChI=1S/C19H24ClFN4O2/c1-5-12-10-13-16(15(21)14(12)20)22-11-23-17(13)24-6-8-25(9-7-24)18(26)27-19(2,3)4/h10-11H,5-9H2,1-4H3. The van der Waals surface area contributed by atoms with Crippen LogP contribution in [0.2, 0.25) is 5.02 Å². The molecule has 1 aliphatic heterocycles. The fourth-order valence-corrected chi connectivity index (χ4v) is 3.39. The highest BCUT2D eigenvalue weighted by Crippen LogP contribution is 2.32. The third-order valence-corrected chi connectivity index (χ3v) is 4.88. The number of halogens is 2. The zero-order chi connectivity index (χ0) is 19.8. The van der Waals surface area contributed by atoms with Gasteiger partial charge in [0.1, 0.15) is 23.3 Å². The predicted octanol–water partition coefficient (Wildman–Crippen LogP) is 4.04. The number of hydrogen-bond donors (Lipinski definition) is 0. The summed E-state index contributed by atoms with van der Waals surface area (Å²) in [5.41, 5.74) is 0.423. The van der Waals surface area contributed by atoms with Crippen LogP contribution < -0.4 is 4.90 Å². The number of anilines is 1. The van der Waals surface area contributed by atoms with E-state index in [1.54, 1.807) is 4.90 Å². The number of nitrogens with zero attached hydrogens (tertiary/aromatic N) is 4. The zero-order valence-electron chi connectivity index (χ0n) is 16.1. The van der Waals surface area contributed by atoms with Crippen molar-refractivity contribution in [1.29, 1.82) is 0 Å². The maximum atomic E-state index is 14.6. The van der Waals surface area contributed by atoms with Gasteiger partial charge in [0.15, 0.2) is 5.82 Å². The highest BCUT2D eigenvalue weighted by Gasteiger charge is 2.27. The molecule has 0 saturated carbocycles. The van der Waals surface area contributed by atoms with Crippen molar-refractivity contribution in [2.75, 3.05) is 31.1 Å². The van der Waals surface area contributed by atoms with Crippen LogP contribution in [-0.4, -0.2) is 52.7 Å². The molecule has 1 saturated heterocycles. The highest BCUT2D eigenvalue weighted by molar-refractivity contribution is 6.32. The van der Waals surface area contributed by atoms with Crippen molar-refractivity contribution in [2.45, 2.75) is 39.7 Å².